The van der Waals surface area contributed by atoms with Gasteiger partial charge < -0.3 is 52.1 Å². The molecule has 0 aromatic rings. The molecule has 0 heterocycles. The zero-order chi connectivity index (χ0) is 47.4. The molecule has 6 fully saturated rings. The Morgan fingerprint density at radius 1 is 0.387 bits per heavy atom. The lowest BCUT2D eigenvalue weighted by Crippen LogP contribution is -2.48. The first-order valence-corrected chi connectivity index (χ1v) is 24.9. The van der Waals surface area contributed by atoms with Crippen LogP contribution in [0.3, 0.4) is 0 Å². The predicted octanol–water partition coefficient (Wildman–Crippen LogP) is 11.8. The molecule has 11 nitrogen and oxygen atoms in total. The molecule has 380 valence electrons. The third-order valence-electron chi connectivity index (χ3n) is 11.1. The second-order valence-corrected chi connectivity index (χ2v) is 16.5. The van der Waals surface area contributed by atoms with Crippen LogP contribution in [0.1, 0.15) is 158 Å². The third kappa shape index (κ3) is 47.5. The smallest absolute Gasteiger partial charge is 0.0700 e. The molecular formula is C51H110O11. The standard InChI is InChI=1S/C13H22O.C9H18O.C8H16O.C5H12O2.C4H10O2.C4H10O.2C3H8O.C2H6O/c1-2-14-9-13-6-10-3-11(7-13)5-12(4-10)8-13;1-2-10-8-9-6-4-3-5-7-9;1-2-9-8-6-4-3-5-7-8;1-3-7-5-4-6-2;1-5-3-4-6-2;1-3-5-4-2;2*1-3-4-2;1-3-2/h10-12H,2-9H2,1H3;9H,2-8H2,1H3;8H,2-7H2,1H3;3-5H2,1-2H3;3-4H2,1-2H3;3-4H2,1-2H3;2*3H2,1-2H3;1-2H3. The molecule has 0 aromatic heterocycles. The second-order valence-electron chi connectivity index (χ2n) is 16.5. The van der Waals surface area contributed by atoms with Gasteiger partial charge in [-0.3, -0.25) is 0 Å². The van der Waals surface area contributed by atoms with Crippen molar-refractivity contribution in [2.75, 3.05) is 142 Å². The van der Waals surface area contributed by atoms with E-state index in [-0.39, 0.29) is 0 Å². The van der Waals surface area contributed by atoms with E-state index in [0.717, 1.165) is 89.7 Å². The van der Waals surface area contributed by atoms with Crippen molar-refractivity contribution in [3.63, 3.8) is 0 Å². The minimum atomic E-state index is 0.601. The lowest BCUT2D eigenvalue weighted by atomic mass is 9.50. The van der Waals surface area contributed by atoms with Gasteiger partial charge in [-0.2, -0.15) is 0 Å². The van der Waals surface area contributed by atoms with Crippen LogP contribution in [-0.4, -0.2) is 148 Å². The Hall–Kier alpha value is -0.440. The third-order valence-corrected chi connectivity index (χ3v) is 11.1. The van der Waals surface area contributed by atoms with Crippen molar-refractivity contribution in [2.45, 2.75) is 164 Å². The fourth-order valence-electron chi connectivity index (χ4n) is 8.55. The number of ether oxygens (including phenoxy) is 11. The van der Waals surface area contributed by atoms with Crippen molar-refractivity contribution in [3.05, 3.63) is 0 Å². The highest BCUT2D eigenvalue weighted by Crippen LogP contribution is 2.60. The van der Waals surface area contributed by atoms with Crippen molar-refractivity contribution in [1.82, 2.24) is 0 Å². The Morgan fingerprint density at radius 2 is 0.758 bits per heavy atom. The first kappa shape index (κ1) is 68.1. The molecule has 6 rings (SSSR count). The van der Waals surface area contributed by atoms with Gasteiger partial charge in [0, 0.05) is 109 Å². The van der Waals surface area contributed by atoms with Crippen LogP contribution in [0.4, 0.5) is 0 Å². The average Bonchev–Trinajstić information content (AvgIpc) is 3.29. The summed E-state index contributed by atoms with van der Waals surface area (Å²) in [6, 6.07) is 0. The summed E-state index contributed by atoms with van der Waals surface area (Å²) >= 11 is 0. The maximum Gasteiger partial charge on any atom is 0.0700 e. The summed E-state index contributed by atoms with van der Waals surface area (Å²) in [5, 5.41) is 0. The minimum absolute atomic E-state index is 0.601. The van der Waals surface area contributed by atoms with Crippen LogP contribution in [0.2, 0.25) is 0 Å². The van der Waals surface area contributed by atoms with Crippen LogP contribution < -0.4 is 0 Å². The van der Waals surface area contributed by atoms with E-state index in [1.54, 1.807) is 69.0 Å². The molecule has 0 unspecified atom stereocenters. The molecule has 6 aliphatic rings. The normalized spacial score (nSPS) is 21.8. The summed E-state index contributed by atoms with van der Waals surface area (Å²) in [6.07, 6.45) is 23.6. The fraction of sp³-hybridized carbons (Fsp3) is 1.00. The Bertz CT molecular complexity index is 708. The van der Waals surface area contributed by atoms with E-state index in [2.05, 4.69) is 44.5 Å². The van der Waals surface area contributed by atoms with E-state index in [0.29, 0.717) is 37.9 Å². The van der Waals surface area contributed by atoms with Gasteiger partial charge in [-0.25, -0.2) is 0 Å². The topological polar surface area (TPSA) is 102 Å². The highest BCUT2D eigenvalue weighted by atomic mass is 16.5. The van der Waals surface area contributed by atoms with E-state index < -0.39 is 0 Å². The van der Waals surface area contributed by atoms with Crippen LogP contribution in [-0.2, 0) is 52.1 Å². The number of methoxy groups -OCH3 is 6. The van der Waals surface area contributed by atoms with Gasteiger partial charge >= 0.3 is 0 Å². The Balaban J connectivity index is -0.000000319. The van der Waals surface area contributed by atoms with Gasteiger partial charge in [-0.1, -0.05) is 38.5 Å². The van der Waals surface area contributed by atoms with E-state index in [1.165, 1.54) is 83.5 Å². The number of rotatable bonds is 19. The van der Waals surface area contributed by atoms with Crippen molar-refractivity contribution in [2.24, 2.45) is 29.1 Å². The van der Waals surface area contributed by atoms with Gasteiger partial charge in [0.2, 0.25) is 0 Å². The van der Waals surface area contributed by atoms with E-state index in [9.17, 15) is 0 Å². The number of hydrogen-bond acceptors (Lipinski definition) is 11. The highest BCUT2D eigenvalue weighted by molar-refractivity contribution is 5.01. The monoisotopic (exact) mass is 899 g/mol. The first-order valence-electron chi connectivity index (χ1n) is 24.9. The van der Waals surface area contributed by atoms with Crippen LogP contribution >= 0.6 is 0 Å². The maximum atomic E-state index is 5.72. The summed E-state index contributed by atoms with van der Waals surface area (Å²) in [4.78, 5) is 0. The Kier molecular flexibility index (Phi) is 62.3. The molecule has 0 aliphatic heterocycles. The Morgan fingerprint density at radius 3 is 1.08 bits per heavy atom. The molecule has 0 N–H and O–H groups in total. The molecule has 0 aromatic carbocycles. The van der Waals surface area contributed by atoms with Gasteiger partial charge in [0.25, 0.3) is 0 Å². The molecule has 6 aliphatic carbocycles. The largest absolute Gasteiger partial charge is 0.388 e. The summed E-state index contributed by atoms with van der Waals surface area (Å²) in [5.74, 6) is 4.10. The quantitative estimate of drug-likeness (QED) is 0.116. The molecule has 0 atom stereocenters. The summed E-state index contributed by atoms with van der Waals surface area (Å²) in [5.41, 5.74) is 0.630. The zero-order valence-electron chi connectivity index (χ0n) is 44.1. The minimum Gasteiger partial charge on any atom is -0.388 e. The molecule has 0 spiro atoms. The van der Waals surface area contributed by atoms with E-state index in [1.807, 2.05) is 34.6 Å². The Labute approximate surface area is 386 Å². The molecule has 6 saturated carbocycles. The van der Waals surface area contributed by atoms with Gasteiger partial charge in [-0.05, 0) is 149 Å². The number of hydrogen-bond donors (Lipinski definition) is 0. The summed E-state index contributed by atoms with van der Waals surface area (Å²) in [7, 11) is 11.6. The molecule has 0 saturated heterocycles. The van der Waals surface area contributed by atoms with Crippen LogP contribution in [0.25, 0.3) is 0 Å². The zero-order valence-corrected chi connectivity index (χ0v) is 44.1. The van der Waals surface area contributed by atoms with Gasteiger partial charge in [0.05, 0.1) is 39.1 Å². The second kappa shape index (κ2) is 56.7. The van der Waals surface area contributed by atoms with Gasteiger partial charge in [0.1, 0.15) is 0 Å². The van der Waals surface area contributed by atoms with E-state index >= 15 is 0 Å². The van der Waals surface area contributed by atoms with Crippen molar-refractivity contribution < 1.29 is 52.1 Å². The summed E-state index contributed by atoms with van der Waals surface area (Å²) < 4.78 is 53.7. The molecular weight excluding hydrogens is 789 g/mol. The summed E-state index contributed by atoms with van der Waals surface area (Å²) in [6.45, 7) is 27.8. The molecule has 0 radical (unpaired) electrons. The predicted molar refractivity (Wildman–Crippen MR) is 261 cm³/mol. The van der Waals surface area contributed by atoms with E-state index in [4.69, 9.17) is 28.4 Å². The molecule has 62 heavy (non-hydrogen) atoms. The lowest BCUT2D eigenvalue weighted by molar-refractivity contribution is -0.0947. The van der Waals surface area contributed by atoms with Crippen molar-refractivity contribution in [1.29, 1.82) is 0 Å². The molecule has 11 heteroatoms. The van der Waals surface area contributed by atoms with Crippen LogP contribution in [0.15, 0.2) is 0 Å². The van der Waals surface area contributed by atoms with Crippen LogP contribution in [0, 0.1) is 29.1 Å². The van der Waals surface area contributed by atoms with Gasteiger partial charge in [-0.15, -0.1) is 0 Å². The average molecular weight is 899 g/mol. The van der Waals surface area contributed by atoms with Crippen molar-refractivity contribution >= 4 is 0 Å². The molecule has 4 bridgehead atoms. The highest BCUT2D eigenvalue weighted by Gasteiger charge is 2.50. The fourth-order valence-corrected chi connectivity index (χ4v) is 8.55. The molecule has 0 amide bonds. The lowest BCUT2D eigenvalue weighted by Gasteiger charge is -2.56. The van der Waals surface area contributed by atoms with Crippen LogP contribution in [0.5, 0.6) is 0 Å². The van der Waals surface area contributed by atoms with Gasteiger partial charge in [0.15, 0.2) is 0 Å². The first-order chi connectivity index (χ1) is 30.1. The maximum absolute atomic E-state index is 5.72. The van der Waals surface area contributed by atoms with Crippen molar-refractivity contribution in [3.8, 4) is 0 Å². The SMILES string of the molecule is CCOC.CCOC.CCOC1CCCCC1.CCOCC.CCOCC12CC3CC(CC(C3)C1)C2.CCOCC1CCCCC1.CCOCCOC.COC.COCCOC.